The van der Waals surface area contributed by atoms with Crippen LogP contribution in [0.25, 0.3) is 5.76 Å². The van der Waals surface area contributed by atoms with E-state index in [0.29, 0.717) is 36.9 Å². The van der Waals surface area contributed by atoms with Crippen LogP contribution < -0.4 is 5.43 Å². The molecule has 0 spiro atoms. The molecule has 2 aromatic carbocycles. The summed E-state index contributed by atoms with van der Waals surface area (Å²) in [6.45, 7) is 4.15. The molecule has 13 heteroatoms. The van der Waals surface area contributed by atoms with Gasteiger partial charge in [0.25, 0.3) is 17.7 Å². The van der Waals surface area contributed by atoms with Crippen molar-refractivity contribution in [1.82, 2.24) is 20.3 Å². The minimum absolute atomic E-state index is 0.0269. The zero-order valence-corrected chi connectivity index (χ0v) is 20.3. The van der Waals surface area contributed by atoms with Gasteiger partial charge in [0.15, 0.2) is 0 Å². The second-order valence-electron chi connectivity index (χ2n) is 8.81. The molecule has 0 bridgehead atoms. The standard InChI is InChI=1S/C23H25ClF3N5O4/c1-22(18-4-3-5-19(33)14-18,30-12-10-29(2)11-13-30)21(34)28-31-15-20(36-32(31,24)35)16-6-8-17(9-7-16)23(25,26)27/h3-9,14-15,33H,10-13H2,1-2H3,(H,28,34). The van der Waals surface area contributed by atoms with Crippen molar-refractivity contribution in [3.05, 3.63) is 76.6 Å². The SMILES string of the molecule is CN1CCN(C(C)(C(=O)NN2C=C(c3ccc(C(F)(F)F)cc3)O[N+]2([O-])Cl)c2cccc(O)c2)CC1. The van der Waals surface area contributed by atoms with Gasteiger partial charge in [-0.2, -0.15) is 13.2 Å². The normalized spacial score (nSPS) is 23.1. The third-order valence-electron chi connectivity index (χ3n) is 6.41. The zero-order chi connectivity index (χ0) is 26.3. The second-order valence-corrected chi connectivity index (χ2v) is 9.24. The number of carbonyl (C=O) groups is 1. The summed E-state index contributed by atoms with van der Waals surface area (Å²) in [5.74, 6) is -0.779. The van der Waals surface area contributed by atoms with E-state index in [2.05, 4.69) is 10.3 Å². The van der Waals surface area contributed by atoms with Crippen molar-refractivity contribution in [2.24, 2.45) is 0 Å². The van der Waals surface area contributed by atoms with Crippen LogP contribution in [0, 0.1) is 5.21 Å². The van der Waals surface area contributed by atoms with Crippen LogP contribution >= 0.6 is 11.8 Å². The molecule has 1 fully saturated rings. The lowest BCUT2D eigenvalue weighted by molar-refractivity contribution is -1.04. The Morgan fingerprint density at radius 1 is 1.11 bits per heavy atom. The Balaban J connectivity index is 1.62. The lowest BCUT2D eigenvalue weighted by atomic mass is 9.88. The molecule has 2 aromatic rings. The first-order valence-electron chi connectivity index (χ1n) is 11.0. The van der Waals surface area contributed by atoms with E-state index in [0.717, 1.165) is 30.5 Å². The van der Waals surface area contributed by atoms with E-state index in [1.54, 1.807) is 19.1 Å². The highest BCUT2D eigenvalue weighted by molar-refractivity contribution is 6.06. The number of hydrogen-bond acceptors (Lipinski definition) is 7. The molecule has 0 aliphatic carbocycles. The van der Waals surface area contributed by atoms with Crippen LogP contribution in [0.3, 0.4) is 0 Å². The van der Waals surface area contributed by atoms with Gasteiger partial charge in [-0.05, 0) is 43.8 Å². The minimum Gasteiger partial charge on any atom is -0.542 e. The highest BCUT2D eigenvalue weighted by Crippen LogP contribution is 2.37. The molecule has 2 heterocycles. The molecule has 36 heavy (non-hydrogen) atoms. The Kier molecular flexibility index (Phi) is 6.84. The molecule has 0 radical (unpaired) electrons. The Bertz CT molecular complexity index is 1150. The van der Waals surface area contributed by atoms with Gasteiger partial charge in [-0.25, -0.2) is 5.43 Å². The van der Waals surface area contributed by atoms with E-state index in [4.69, 9.17) is 16.6 Å². The van der Waals surface area contributed by atoms with Crippen molar-refractivity contribution >= 4 is 23.4 Å². The van der Waals surface area contributed by atoms with Crippen molar-refractivity contribution in [3.63, 3.8) is 0 Å². The molecule has 2 aliphatic rings. The predicted octanol–water partition coefficient (Wildman–Crippen LogP) is 3.53. The van der Waals surface area contributed by atoms with Gasteiger partial charge >= 0.3 is 6.18 Å². The molecule has 1 amide bonds. The number of phenolic OH excluding ortho intramolecular Hbond substituents is 1. The van der Waals surface area contributed by atoms with Crippen molar-refractivity contribution in [1.29, 1.82) is 0 Å². The van der Waals surface area contributed by atoms with Gasteiger partial charge in [-0.1, -0.05) is 29.4 Å². The maximum Gasteiger partial charge on any atom is 0.416 e. The lowest BCUT2D eigenvalue weighted by Gasteiger charge is -2.45. The number of alkyl halides is 3. The van der Waals surface area contributed by atoms with Crippen LogP contribution in [0.1, 0.15) is 23.6 Å². The molecule has 2 atom stereocenters. The number of phenols is 1. The molecule has 2 aliphatic heterocycles. The highest BCUT2D eigenvalue weighted by atomic mass is 35.5. The highest BCUT2D eigenvalue weighted by Gasteiger charge is 2.46. The summed E-state index contributed by atoms with van der Waals surface area (Å²) in [6.07, 6.45) is -3.42. The number of nitrogens with one attached hydrogen (secondary N) is 1. The number of nitrogens with zero attached hydrogens (tertiary/aromatic N) is 4. The average molecular weight is 528 g/mol. The first kappa shape index (κ1) is 26.0. The third kappa shape index (κ3) is 5.08. The number of hydrogen-bond donors (Lipinski definition) is 2. The van der Waals surface area contributed by atoms with Crippen LogP contribution in [0.15, 0.2) is 54.7 Å². The monoisotopic (exact) mass is 527 g/mol. The van der Waals surface area contributed by atoms with Crippen LogP contribution in [0.5, 0.6) is 5.75 Å². The van der Waals surface area contributed by atoms with Gasteiger partial charge in [0, 0.05) is 31.7 Å². The minimum atomic E-state index is -4.52. The average Bonchev–Trinajstić information content (AvgIpc) is 3.12. The van der Waals surface area contributed by atoms with Crippen molar-refractivity contribution in [2.75, 3.05) is 33.2 Å². The van der Waals surface area contributed by atoms with E-state index in [9.17, 15) is 28.3 Å². The predicted molar refractivity (Wildman–Crippen MR) is 124 cm³/mol. The topological polar surface area (TPSA) is 91.3 Å². The summed E-state index contributed by atoms with van der Waals surface area (Å²) in [7, 11) is 1.97. The molecule has 9 nitrogen and oxygen atoms in total. The van der Waals surface area contributed by atoms with Gasteiger partial charge in [0.2, 0.25) is 5.76 Å². The molecule has 194 valence electrons. The lowest BCUT2D eigenvalue weighted by Crippen LogP contribution is -2.63. The van der Waals surface area contributed by atoms with Gasteiger partial charge in [-0.3, -0.25) is 14.5 Å². The van der Waals surface area contributed by atoms with Gasteiger partial charge in [0.1, 0.15) is 17.5 Å². The number of piperazine rings is 1. The quantitative estimate of drug-likeness (QED) is 0.454. The summed E-state index contributed by atoms with van der Waals surface area (Å²) in [6, 6.07) is 10.2. The largest absolute Gasteiger partial charge is 0.542 e. The number of carbonyl (C=O) groups excluding carboxylic acids is 1. The van der Waals surface area contributed by atoms with Crippen molar-refractivity contribution < 1.29 is 32.3 Å². The van der Waals surface area contributed by atoms with Gasteiger partial charge < -0.3 is 15.2 Å². The van der Waals surface area contributed by atoms with Crippen molar-refractivity contribution in [2.45, 2.75) is 18.6 Å². The number of amides is 1. The van der Waals surface area contributed by atoms with E-state index < -0.39 is 27.6 Å². The molecular weight excluding hydrogens is 503 g/mol. The van der Waals surface area contributed by atoms with Crippen LogP contribution in [0.2, 0.25) is 0 Å². The molecular formula is C23H25ClF3N5O4. The van der Waals surface area contributed by atoms with Crippen LogP contribution in [-0.4, -0.2) is 63.6 Å². The third-order valence-corrected chi connectivity index (χ3v) is 6.64. The fourth-order valence-electron chi connectivity index (χ4n) is 4.14. The van der Waals surface area contributed by atoms with E-state index in [1.807, 2.05) is 11.9 Å². The Hall–Kier alpha value is -3.03. The summed E-state index contributed by atoms with van der Waals surface area (Å²) in [5.41, 5.74) is 0.965. The summed E-state index contributed by atoms with van der Waals surface area (Å²) >= 11 is 5.93. The summed E-state index contributed by atoms with van der Waals surface area (Å²) in [5, 5.41) is 23.5. The van der Waals surface area contributed by atoms with Crippen LogP contribution in [-0.2, 0) is 21.3 Å². The molecule has 2 N–H and O–H groups in total. The second kappa shape index (κ2) is 9.45. The smallest absolute Gasteiger partial charge is 0.416 e. The Morgan fingerprint density at radius 2 is 1.75 bits per heavy atom. The summed E-state index contributed by atoms with van der Waals surface area (Å²) < 4.78 is 36.6. The maximum absolute atomic E-state index is 13.7. The molecule has 0 saturated carbocycles. The number of likely N-dealkylation sites (N-methyl/N-ethyl adjacent to an activating group) is 1. The number of rotatable bonds is 5. The van der Waals surface area contributed by atoms with Crippen LogP contribution in [0.4, 0.5) is 13.2 Å². The van der Waals surface area contributed by atoms with Crippen molar-refractivity contribution in [3.8, 4) is 5.75 Å². The molecule has 2 unspecified atom stereocenters. The molecule has 4 rings (SSSR count). The summed E-state index contributed by atoms with van der Waals surface area (Å²) in [4.78, 5) is 22.9. The van der Waals surface area contributed by atoms with E-state index >= 15 is 0 Å². The number of benzene rings is 2. The van der Waals surface area contributed by atoms with E-state index in [-0.39, 0.29) is 17.1 Å². The maximum atomic E-state index is 13.7. The number of quaternary nitrogens is 1. The fraction of sp³-hybridized carbons (Fsp3) is 0.348. The first-order chi connectivity index (χ1) is 16.8. The van der Waals surface area contributed by atoms with Gasteiger partial charge in [-0.15, -0.1) is 0 Å². The molecule has 1 saturated heterocycles. The number of halogens is 4. The Morgan fingerprint density at radius 3 is 2.33 bits per heavy atom. The number of hydrazine groups is 1. The Labute approximate surface area is 210 Å². The zero-order valence-electron chi connectivity index (χ0n) is 19.5. The fourth-order valence-corrected chi connectivity index (χ4v) is 4.30. The molecule has 0 aromatic heterocycles. The van der Waals surface area contributed by atoms with E-state index in [1.165, 1.54) is 12.1 Å². The first-order valence-corrected chi connectivity index (χ1v) is 11.4. The van der Waals surface area contributed by atoms with Gasteiger partial charge in [0.05, 0.1) is 10.0 Å². The number of aromatic hydroxyl groups is 1.